The monoisotopic (exact) mass is 281 g/mol. The number of fused-ring (bicyclic) bond motifs is 3. The van der Waals surface area contributed by atoms with Crippen LogP contribution in [-0.4, -0.2) is 18.3 Å². The summed E-state index contributed by atoms with van der Waals surface area (Å²) in [5, 5.41) is 12.9. The maximum Gasteiger partial charge on any atom is 0.0589 e. The fourth-order valence-electron chi connectivity index (χ4n) is 3.14. The largest absolute Gasteiger partial charge is 0.396 e. The van der Waals surface area contributed by atoms with Gasteiger partial charge in [0.2, 0.25) is 0 Å². The van der Waals surface area contributed by atoms with E-state index in [0.717, 1.165) is 13.0 Å². The van der Waals surface area contributed by atoms with Gasteiger partial charge in [0.1, 0.15) is 0 Å². The lowest BCUT2D eigenvalue weighted by Gasteiger charge is -2.27. The molecule has 0 spiro atoms. The molecule has 1 aliphatic carbocycles. The lowest BCUT2D eigenvalue weighted by atomic mass is 9.89. The molecule has 0 saturated carbocycles. The molecule has 0 heterocycles. The predicted molar refractivity (Wildman–Crippen MR) is 87.2 cm³/mol. The maximum atomic E-state index is 9.18. The molecule has 0 aliphatic heterocycles. The van der Waals surface area contributed by atoms with Gasteiger partial charge in [0.25, 0.3) is 0 Å². The average molecular weight is 281 g/mol. The van der Waals surface area contributed by atoms with Gasteiger partial charge in [-0.15, -0.1) is 0 Å². The van der Waals surface area contributed by atoms with Crippen LogP contribution in [0.2, 0.25) is 0 Å². The lowest BCUT2D eigenvalue weighted by molar-refractivity contribution is 0.205. The van der Waals surface area contributed by atoms with E-state index in [0.29, 0.717) is 0 Å². The van der Waals surface area contributed by atoms with Crippen LogP contribution in [0.15, 0.2) is 48.5 Å². The van der Waals surface area contributed by atoms with Crippen molar-refractivity contribution in [3.8, 4) is 11.1 Å². The second kappa shape index (κ2) is 5.63. The molecule has 2 aromatic rings. The Balaban J connectivity index is 1.89. The minimum atomic E-state index is 0.0984. The topological polar surface area (TPSA) is 32.3 Å². The Morgan fingerprint density at radius 3 is 2.00 bits per heavy atom. The molecule has 0 bridgehead atoms. The molecular formula is C19H23NO. The summed E-state index contributed by atoms with van der Waals surface area (Å²) in [5.41, 5.74) is 5.49. The number of hydrogen-bond acceptors (Lipinski definition) is 2. The van der Waals surface area contributed by atoms with E-state index in [-0.39, 0.29) is 18.1 Å². The molecule has 2 nitrogen and oxygen atoms in total. The number of aliphatic hydroxyl groups is 1. The first kappa shape index (κ1) is 14.3. The summed E-state index contributed by atoms with van der Waals surface area (Å²) in [6.45, 7) is 5.53. The summed E-state index contributed by atoms with van der Waals surface area (Å²) in [6.07, 6.45) is 0.815. The van der Waals surface area contributed by atoms with Crippen molar-refractivity contribution < 1.29 is 5.11 Å². The molecule has 21 heavy (non-hydrogen) atoms. The van der Waals surface area contributed by atoms with Crippen molar-refractivity contribution in [3.63, 3.8) is 0 Å². The highest BCUT2D eigenvalue weighted by molar-refractivity contribution is 5.78. The molecule has 0 atom stereocenters. The maximum absolute atomic E-state index is 9.18. The standard InChI is InChI=1S/C19H23NO/c1-19(2,11-12-21)13-20-18-16-9-5-3-7-14(16)15-8-4-6-10-17(15)18/h3-10,18,20-21H,11-13H2,1-2H3. The Morgan fingerprint density at radius 2 is 1.48 bits per heavy atom. The molecule has 0 saturated heterocycles. The van der Waals surface area contributed by atoms with Crippen LogP contribution in [0.25, 0.3) is 11.1 Å². The van der Waals surface area contributed by atoms with Crippen LogP contribution >= 0.6 is 0 Å². The Bertz CT molecular complexity index is 587. The van der Waals surface area contributed by atoms with Crippen LogP contribution in [0, 0.1) is 5.41 Å². The van der Waals surface area contributed by atoms with E-state index < -0.39 is 0 Å². The van der Waals surface area contributed by atoms with E-state index in [4.69, 9.17) is 0 Å². The van der Waals surface area contributed by atoms with Gasteiger partial charge < -0.3 is 10.4 Å². The smallest absolute Gasteiger partial charge is 0.0589 e. The number of aliphatic hydroxyl groups excluding tert-OH is 1. The van der Waals surface area contributed by atoms with Crippen LogP contribution in [-0.2, 0) is 0 Å². The fraction of sp³-hybridized carbons (Fsp3) is 0.368. The molecule has 0 fully saturated rings. The zero-order valence-corrected chi connectivity index (χ0v) is 12.8. The summed E-state index contributed by atoms with van der Waals surface area (Å²) in [7, 11) is 0. The first-order valence-corrected chi connectivity index (χ1v) is 7.65. The van der Waals surface area contributed by atoms with Crippen molar-refractivity contribution in [2.75, 3.05) is 13.2 Å². The Morgan fingerprint density at radius 1 is 0.952 bits per heavy atom. The number of nitrogens with one attached hydrogen (secondary N) is 1. The molecule has 2 heteroatoms. The number of benzene rings is 2. The minimum Gasteiger partial charge on any atom is -0.396 e. The molecule has 0 unspecified atom stereocenters. The molecule has 2 aromatic carbocycles. The van der Waals surface area contributed by atoms with Gasteiger partial charge in [0, 0.05) is 13.2 Å². The first-order valence-electron chi connectivity index (χ1n) is 7.65. The van der Waals surface area contributed by atoms with E-state index in [1.807, 2.05) is 0 Å². The summed E-state index contributed by atoms with van der Waals surface area (Å²) in [4.78, 5) is 0. The third kappa shape index (κ3) is 2.74. The van der Waals surface area contributed by atoms with Crippen molar-refractivity contribution in [1.29, 1.82) is 0 Å². The highest BCUT2D eigenvalue weighted by atomic mass is 16.3. The molecule has 1 aliphatic rings. The molecule has 110 valence electrons. The Kier molecular flexibility index (Phi) is 3.83. The van der Waals surface area contributed by atoms with Crippen LogP contribution in [0.1, 0.15) is 37.4 Å². The average Bonchev–Trinajstić information content (AvgIpc) is 2.79. The van der Waals surface area contributed by atoms with E-state index >= 15 is 0 Å². The van der Waals surface area contributed by atoms with Gasteiger partial charge in [-0.2, -0.15) is 0 Å². The highest BCUT2D eigenvalue weighted by Gasteiger charge is 2.29. The van der Waals surface area contributed by atoms with Crippen LogP contribution in [0.3, 0.4) is 0 Å². The number of hydrogen-bond donors (Lipinski definition) is 2. The van der Waals surface area contributed by atoms with Crippen LogP contribution < -0.4 is 5.32 Å². The lowest BCUT2D eigenvalue weighted by Crippen LogP contribution is -2.32. The predicted octanol–water partition coefficient (Wildman–Crippen LogP) is 3.75. The van der Waals surface area contributed by atoms with E-state index in [1.54, 1.807) is 0 Å². The molecule has 3 rings (SSSR count). The van der Waals surface area contributed by atoms with Gasteiger partial charge in [0.15, 0.2) is 0 Å². The quantitative estimate of drug-likeness (QED) is 0.874. The third-order valence-electron chi connectivity index (χ3n) is 4.41. The molecule has 0 radical (unpaired) electrons. The summed E-state index contributed by atoms with van der Waals surface area (Å²) in [5.74, 6) is 0. The first-order chi connectivity index (χ1) is 10.1. The van der Waals surface area contributed by atoms with Gasteiger partial charge in [-0.3, -0.25) is 0 Å². The van der Waals surface area contributed by atoms with Gasteiger partial charge in [-0.1, -0.05) is 62.4 Å². The van der Waals surface area contributed by atoms with Gasteiger partial charge in [-0.05, 0) is 34.1 Å². The normalized spacial score (nSPS) is 14.0. The Labute approximate surface area is 126 Å². The minimum absolute atomic E-state index is 0.0984. The summed E-state index contributed by atoms with van der Waals surface area (Å²) < 4.78 is 0. The van der Waals surface area contributed by atoms with Crippen molar-refractivity contribution in [2.45, 2.75) is 26.3 Å². The van der Waals surface area contributed by atoms with E-state index in [2.05, 4.69) is 67.7 Å². The molecule has 0 aromatic heterocycles. The van der Waals surface area contributed by atoms with Crippen LogP contribution in [0.4, 0.5) is 0 Å². The fourth-order valence-corrected chi connectivity index (χ4v) is 3.14. The van der Waals surface area contributed by atoms with Gasteiger partial charge in [-0.25, -0.2) is 0 Å². The number of rotatable bonds is 5. The van der Waals surface area contributed by atoms with E-state index in [1.165, 1.54) is 22.3 Å². The van der Waals surface area contributed by atoms with Crippen LogP contribution in [0.5, 0.6) is 0 Å². The van der Waals surface area contributed by atoms with Crippen molar-refractivity contribution >= 4 is 0 Å². The zero-order chi connectivity index (χ0) is 14.9. The SMILES string of the molecule is CC(C)(CCO)CNC1c2ccccc2-c2ccccc21. The van der Waals surface area contributed by atoms with Gasteiger partial charge >= 0.3 is 0 Å². The molecular weight excluding hydrogens is 258 g/mol. The van der Waals surface area contributed by atoms with Crippen molar-refractivity contribution in [3.05, 3.63) is 59.7 Å². The van der Waals surface area contributed by atoms with E-state index in [9.17, 15) is 5.11 Å². The van der Waals surface area contributed by atoms with Gasteiger partial charge in [0.05, 0.1) is 6.04 Å². The zero-order valence-electron chi connectivity index (χ0n) is 12.8. The molecule has 2 N–H and O–H groups in total. The third-order valence-corrected chi connectivity index (χ3v) is 4.41. The highest BCUT2D eigenvalue weighted by Crippen LogP contribution is 2.43. The summed E-state index contributed by atoms with van der Waals surface area (Å²) >= 11 is 0. The van der Waals surface area contributed by atoms with Crippen molar-refractivity contribution in [2.24, 2.45) is 5.41 Å². The molecule has 0 amide bonds. The summed E-state index contributed by atoms with van der Waals surface area (Å²) in [6, 6.07) is 17.5. The Hall–Kier alpha value is -1.64. The van der Waals surface area contributed by atoms with Crippen molar-refractivity contribution in [1.82, 2.24) is 5.32 Å². The second-order valence-electron chi connectivity index (χ2n) is 6.63. The second-order valence-corrected chi connectivity index (χ2v) is 6.63.